The lowest BCUT2D eigenvalue weighted by Crippen LogP contribution is -2.23. The number of alkyl halides is 1. The van der Waals surface area contributed by atoms with Crippen LogP contribution in [-0.2, 0) is 11.2 Å². The number of hydrogen-bond donors (Lipinski definition) is 0. The van der Waals surface area contributed by atoms with Crippen LogP contribution in [0.5, 0.6) is 0 Å². The van der Waals surface area contributed by atoms with Crippen molar-refractivity contribution in [3.05, 3.63) is 84.0 Å². The van der Waals surface area contributed by atoms with Crippen LogP contribution < -0.4 is 0 Å². The second-order valence-corrected chi connectivity index (χ2v) is 7.27. The zero-order chi connectivity index (χ0) is 17.0. The van der Waals surface area contributed by atoms with Crippen molar-refractivity contribution in [2.24, 2.45) is 0 Å². The van der Waals surface area contributed by atoms with E-state index in [4.69, 9.17) is 11.6 Å². The Balaban J connectivity index is 1.79. The summed E-state index contributed by atoms with van der Waals surface area (Å²) in [7, 11) is 0. The number of ketones is 1. The van der Waals surface area contributed by atoms with Crippen LogP contribution in [0.15, 0.2) is 78.4 Å². The van der Waals surface area contributed by atoms with Crippen molar-refractivity contribution in [3.63, 3.8) is 0 Å². The molecule has 0 spiro atoms. The van der Waals surface area contributed by atoms with Crippen molar-refractivity contribution >= 4 is 17.4 Å². The monoisotopic (exact) mass is 336 g/mol. The summed E-state index contributed by atoms with van der Waals surface area (Å²) < 4.78 is 0. The number of Topliss-reactive ketones (excluding diaryl/α,β-unsaturated/α-hetero) is 1. The van der Waals surface area contributed by atoms with Gasteiger partial charge in [-0.1, -0.05) is 72.8 Å². The van der Waals surface area contributed by atoms with E-state index in [-0.39, 0.29) is 5.78 Å². The van der Waals surface area contributed by atoms with Gasteiger partial charge < -0.3 is 0 Å². The summed E-state index contributed by atoms with van der Waals surface area (Å²) in [5.74, 6) is 0.201. The van der Waals surface area contributed by atoms with Crippen LogP contribution in [0.1, 0.15) is 25.3 Å². The molecule has 0 aromatic heterocycles. The van der Waals surface area contributed by atoms with Gasteiger partial charge in [-0.05, 0) is 35.6 Å². The van der Waals surface area contributed by atoms with Gasteiger partial charge in [0.05, 0.1) is 4.87 Å². The highest BCUT2D eigenvalue weighted by atomic mass is 35.5. The normalized spacial score (nSPS) is 19.8. The Morgan fingerprint density at radius 2 is 1.75 bits per heavy atom. The molecule has 2 heteroatoms. The summed E-state index contributed by atoms with van der Waals surface area (Å²) in [6, 6.07) is 18.3. The first-order chi connectivity index (χ1) is 11.6. The van der Waals surface area contributed by atoms with Crippen LogP contribution in [0.4, 0.5) is 0 Å². The number of carbonyl (C=O) groups is 1. The van der Waals surface area contributed by atoms with Gasteiger partial charge in [-0.3, -0.25) is 4.79 Å². The Kier molecular flexibility index (Phi) is 5.01. The van der Waals surface area contributed by atoms with Crippen LogP contribution >= 0.6 is 11.6 Å². The third-order valence-electron chi connectivity index (χ3n) is 4.48. The number of rotatable bonds is 5. The van der Waals surface area contributed by atoms with E-state index in [0.717, 1.165) is 28.7 Å². The molecule has 0 saturated heterocycles. The van der Waals surface area contributed by atoms with Crippen molar-refractivity contribution in [3.8, 4) is 11.1 Å². The van der Waals surface area contributed by atoms with E-state index in [9.17, 15) is 4.79 Å². The Hall–Kier alpha value is -2.12. The molecule has 0 amide bonds. The molecule has 1 atom stereocenters. The van der Waals surface area contributed by atoms with E-state index in [2.05, 4.69) is 18.2 Å². The standard InChI is InChI=1S/C22H21ClO/c1-22(23)14-8-7-12-19(22)16-20(24)15-18-11-5-6-13-21(18)17-9-3-2-4-10-17/h2-13H,14-16H2,1H3/t22-/m0/s1. The summed E-state index contributed by atoms with van der Waals surface area (Å²) in [5, 5.41) is 0. The van der Waals surface area contributed by atoms with Crippen molar-refractivity contribution in [2.45, 2.75) is 31.1 Å². The van der Waals surface area contributed by atoms with E-state index in [1.807, 2.05) is 61.5 Å². The Labute approximate surface area is 148 Å². The second kappa shape index (κ2) is 7.19. The van der Waals surface area contributed by atoms with Gasteiger partial charge in [-0.15, -0.1) is 11.6 Å². The van der Waals surface area contributed by atoms with Crippen molar-refractivity contribution in [1.82, 2.24) is 0 Å². The molecule has 122 valence electrons. The molecule has 0 bridgehead atoms. The molecule has 0 unspecified atom stereocenters. The highest BCUT2D eigenvalue weighted by Gasteiger charge is 2.27. The molecule has 0 heterocycles. The van der Waals surface area contributed by atoms with Gasteiger partial charge in [0.25, 0.3) is 0 Å². The maximum atomic E-state index is 12.6. The third kappa shape index (κ3) is 3.85. The molecule has 1 aliphatic rings. The predicted octanol–water partition coefficient (Wildman–Crippen LogP) is 5.74. The minimum atomic E-state index is -0.441. The molecule has 2 aromatic carbocycles. The summed E-state index contributed by atoms with van der Waals surface area (Å²) in [6.07, 6.45) is 7.63. The fourth-order valence-corrected chi connectivity index (χ4v) is 3.30. The number of halogens is 1. The van der Waals surface area contributed by atoms with Crippen LogP contribution in [-0.4, -0.2) is 10.7 Å². The van der Waals surface area contributed by atoms with Gasteiger partial charge in [0.15, 0.2) is 0 Å². The highest BCUT2D eigenvalue weighted by molar-refractivity contribution is 6.26. The lowest BCUT2D eigenvalue weighted by atomic mass is 9.87. The first kappa shape index (κ1) is 16.7. The van der Waals surface area contributed by atoms with E-state index >= 15 is 0 Å². The lowest BCUT2D eigenvalue weighted by molar-refractivity contribution is -0.117. The van der Waals surface area contributed by atoms with Gasteiger partial charge in [0.1, 0.15) is 5.78 Å². The van der Waals surface area contributed by atoms with Gasteiger partial charge in [-0.25, -0.2) is 0 Å². The maximum absolute atomic E-state index is 12.6. The largest absolute Gasteiger partial charge is 0.299 e. The molecule has 1 aliphatic carbocycles. The third-order valence-corrected chi connectivity index (χ3v) is 4.88. The van der Waals surface area contributed by atoms with Crippen molar-refractivity contribution < 1.29 is 4.79 Å². The van der Waals surface area contributed by atoms with Crippen LogP contribution in [0.3, 0.4) is 0 Å². The van der Waals surface area contributed by atoms with E-state index in [1.54, 1.807) is 0 Å². The molecule has 0 N–H and O–H groups in total. The molecular formula is C22H21ClO. The first-order valence-electron chi connectivity index (χ1n) is 8.26. The molecule has 2 aromatic rings. The molecule has 0 saturated carbocycles. The van der Waals surface area contributed by atoms with E-state index in [0.29, 0.717) is 12.8 Å². The van der Waals surface area contributed by atoms with Gasteiger partial charge in [0.2, 0.25) is 0 Å². The molecule has 24 heavy (non-hydrogen) atoms. The zero-order valence-electron chi connectivity index (χ0n) is 13.8. The van der Waals surface area contributed by atoms with E-state index < -0.39 is 4.87 Å². The van der Waals surface area contributed by atoms with Gasteiger partial charge in [-0.2, -0.15) is 0 Å². The number of carbonyl (C=O) groups excluding carboxylic acids is 1. The Morgan fingerprint density at radius 3 is 2.50 bits per heavy atom. The molecule has 0 radical (unpaired) electrons. The summed E-state index contributed by atoms with van der Waals surface area (Å²) >= 11 is 6.54. The SMILES string of the molecule is C[C@]1(Cl)CC=CC=C1CC(=O)Cc1ccccc1-c1ccccc1. The lowest BCUT2D eigenvalue weighted by Gasteiger charge is -2.26. The topological polar surface area (TPSA) is 17.1 Å². The first-order valence-corrected chi connectivity index (χ1v) is 8.64. The minimum Gasteiger partial charge on any atom is -0.299 e. The summed E-state index contributed by atoms with van der Waals surface area (Å²) in [6.45, 7) is 1.98. The quantitative estimate of drug-likeness (QED) is 0.636. The molecule has 1 nitrogen and oxygen atoms in total. The number of benzene rings is 2. The minimum absolute atomic E-state index is 0.201. The fourth-order valence-electron chi connectivity index (χ4n) is 3.08. The smallest absolute Gasteiger partial charge is 0.141 e. The highest BCUT2D eigenvalue weighted by Crippen LogP contribution is 2.34. The zero-order valence-corrected chi connectivity index (χ0v) is 14.6. The van der Waals surface area contributed by atoms with Crippen molar-refractivity contribution in [1.29, 1.82) is 0 Å². The average Bonchev–Trinajstić information content (AvgIpc) is 2.58. The Bertz CT molecular complexity index is 785. The molecule has 3 rings (SSSR count). The van der Waals surface area contributed by atoms with E-state index in [1.165, 1.54) is 0 Å². The average molecular weight is 337 g/mol. The molecule has 0 aliphatic heterocycles. The van der Waals surface area contributed by atoms with Crippen LogP contribution in [0.2, 0.25) is 0 Å². The van der Waals surface area contributed by atoms with Crippen LogP contribution in [0, 0.1) is 0 Å². The molecular weight excluding hydrogens is 316 g/mol. The Morgan fingerprint density at radius 1 is 1.04 bits per heavy atom. The molecule has 0 fully saturated rings. The van der Waals surface area contributed by atoms with Gasteiger partial charge in [0, 0.05) is 12.8 Å². The van der Waals surface area contributed by atoms with Crippen LogP contribution in [0.25, 0.3) is 11.1 Å². The summed E-state index contributed by atoms with van der Waals surface area (Å²) in [5.41, 5.74) is 4.34. The van der Waals surface area contributed by atoms with Gasteiger partial charge >= 0.3 is 0 Å². The second-order valence-electron chi connectivity index (χ2n) is 6.44. The number of hydrogen-bond acceptors (Lipinski definition) is 1. The summed E-state index contributed by atoms with van der Waals surface area (Å²) in [4.78, 5) is 12.2. The maximum Gasteiger partial charge on any atom is 0.141 e. The van der Waals surface area contributed by atoms with Crippen molar-refractivity contribution in [2.75, 3.05) is 0 Å². The number of allylic oxidation sites excluding steroid dienone is 4. The predicted molar refractivity (Wildman–Crippen MR) is 101 cm³/mol. The fraction of sp³-hybridized carbons (Fsp3) is 0.227.